The molecule has 4 rings (SSSR count). The molecule has 5 N–H and O–H groups in total. The Kier molecular flexibility index (Phi) is 4.81. The van der Waals surface area contributed by atoms with Crippen molar-refractivity contribution in [1.29, 1.82) is 0 Å². The van der Waals surface area contributed by atoms with E-state index in [1.807, 2.05) is 4.90 Å². The number of aromatic carboxylic acids is 1. The third-order valence-corrected chi connectivity index (χ3v) is 5.37. The lowest BCUT2D eigenvalue weighted by Gasteiger charge is -2.25. The maximum Gasteiger partial charge on any atom is 0.341 e. The maximum atomic E-state index is 15.1. The molecule has 0 unspecified atom stereocenters. The first-order chi connectivity index (χ1) is 12.3. The second-order valence-corrected chi connectivity index (χ2v) is 7.24. The summed E-state index contributed by atoms with van der Waals surface area (Å²) in [6.45, 7) is 2.89. The fourth-order valence-corrected chi connectivity index (χ4v) is 3.94. The molecule has 1 saturated carbocycles. The molecule has 2 heterocycles. The normalized spacial score (nSPS) is 19.4. The molecular formula is C18H22ClFN4O3. The number of carboxylic acid groups (broad SMARTS) is 1. The summed E-state index contributed by atoms with van der Waals surface area (Å²) in [5, 5.41) is 9.33. The lowest BCUT2D eigenvalue weighted by atomic mass is 10.0. The van der Waals surface area contributed by atoms with E-state index < -0.39 is 17.2 Å². The van der Waals surface area contributed by atoms with E-state index in [1.165, 1.54) is 6.20 Å². The van der Waals surface area contributed by atoms with Gasteiger partial charge in [-0.2, -0.15) is 0 Å². The number of hydrogen-bond acceptors (Lipinski definition) is 5. The van der Waals surface area contributed by atoms with Gasteiger partial charge in [0.05, 0.1) is 22.3 Å². The summed E-state index contributed by atoms with van der Waals surface area (Å²) >= 11 is 0. The van der Waals surface area contributed by atoms with E-state index >= 15 is 4.39 Å². The van der Waals surface area contributed by atoms with Crippen LogP contribution < -0.4 is 21.8 Å². The molecule has 2 aromatic rings. The molecule has 2 aliphatic rings. The largest absolute Gasteiger partial charge is 0.477 e. The number of carbonyl (C=O) groups is 1. The van der Waals surface area contributed by atoms with E-state index in [0.717, 1.165) is 19.3 Å². The van der Waals surface area contributed by atoms with Gasteiger partial charge in [0.1, 0.15) is 5.56 Å². The highest BCUT2D eigenvalue weighted by molar-refractivity contribution is 6.01. The Balaban J connectivity index is 0.00000210. The van der Waals surface area contributed by atoms with E-state index in [0.29, 0.717) is 29.9 Å². The second kappa shape index (κ2) is 6.69. The average molecular weight is 397 g/mol. The number of pyridine rings is 1. The van der Waals surface area contributed by atoms with E-state index in [1.54, 1.807) is 11.5 Å². The zero-order chi connectivity index (χ0) is 18.7. The quantitative estimate of drug-likeness (QED) is 0.684. The van der Waals surface area contributed by atoms with Crippen molar-refractivity contribution in [2.24, 2.45) is 5.73 Å². The molecule has 27 heavy (non-hydrogen) atoms. The predicted octanol–water partition coefficient (Wildman–Crippen LogP) is 2.02. The van der Waals surface area contributed by atoms with Crippen LogP contribution in [0.5, 0.6) is 0 Å². The molecule has 1 aliphatic carbocycles. The number of benzene rings is 1. The fourth-order valence-electron chi connectivity index (χ4n) is 3.94. The SMILES string of the molecule is Cc1c(N2CC[C@H](N)C2)c(F)c(N)c2c(=O)c(C(=O)O)cn(C3CC3)c12.Cl. The first kappa shape index (κ1) is 19.4. The summed E-state index contributed by atoms with van der Waals surface area (Å²) in [4.78, 5) is 26.0. The lowest BCUT2D eigenvalue weighted by Crippen LogP contribution is -2.28. The number of aryl methyl sites for hydroxylation is 1. The van der Waals surface area contributed by atoms with Crippen LogP contribution in [0.3, 0.4) is 0 Å². The summed E-state index contributed by atoms with van der Waals surface area (Å²) in [6, 6.07) is 0.0687. The van der Waals surface area contributed by atoms with Crippen molar-refractivity contribution >= 4 is 40.7 Å². The molecule has 7 nitrogen and oxygen atoms in total. The first-order valence-corrected chi connectivity index (χ1v) is 8.71. The minimum absolute atomic E-state index is 0. The third kappa shape index (κ3) is 2.93. The number of rotatable bonds is 3. The first-order valence-electron chi connectivity index (χ1n) is 8.71. The summed E-state index contributed by atoms with van der Waals surface area (Å²) < 4.78 is 16.9. The van der Waals surface area contributed by atoms with Crippen molar-refractivity contribution in [2.75, 3.05) is 23.7 Å². The van der Waals surface area contributed by atoms with Gasteiger partial charge in [-0.3, -0.25) is 4.79 Å². The molecule has 0 spiro atoms. The van der Waals surface area contributed by atoms with Crippen LogP contribution in [0.1, 0.15) is 41.2 Å². The van der Waals surface area contributed by atoms with Gasteiger partial charge in [0.25, 0.3) is 0 Å². The van der Waals surface area contributed by atoms with E-state index in [9.17, 15) is 14.7 Å². The van der Waals surface area contributed by atoms with Crippen LogP contribution in [-0.2, 0) is 0 Å². The van der Waals surface area contributed by atoms with Gasteiger partial charge >= 0.3 is 5.97 Å². The molecule has 1 saturated heterocycles. The van der Waals surface area contributed by atoms with E-state index in [4.69, 9.17) is 11.5 Å². The molecule has 146 valence electrons. The fraction of sp³-hybridized carbons (Fsp3) is 0.444. The molecule has 0 radical (unpaired) electrons. The minimum Gasteiger partial charge on any atom is -0.477 e. The highest BCUT2D eigenvalue weighted by Crippen LogP contribution is 2.42. The lowest BCUT2D eigenvalue weighted by molar-refractivity contribution is 0.0695. The van der Waals surface area contributed by atoms with Crippen molar-refractivity contribution in [2.45, 2.75) is 38.3 Å². The van der Waals surface area contributed by atoms with Crippen LogP contribution >= 0.6 is 12.4 Å². The monoisotopic (exact) mass is 396 g/mol. The number of hydrogen-bond donors (Lipinski definition) is 3. The topological polar surface area (TPSA) is 115 Å². The molecule has 9 heteroatoms. The summed E-state index contributed by atoms with van der Waals surface area (Å²) in [7, 11) is 0. The maximum absolute atomic E-state index is 15.1. The smallest absolute Gasteiger partial charge is 0.341 e. The summed E-state index contributed by atoms with van der Waals surface area (Å²) in [6.07, 6.45) is 3.90. The van der Waals surface area contributed by atoms with Gasteiger partial charge in [0.15, 0.2) is 5.82 Å². The minimum atomic E-state index is -1.33. The molecule has 1 aliphatic heterocycles. The molecule has 0 bridgehead atoms. The van der Waals surface area contributed by atoms with Gasteiger partial charge in [-0.1, -0.05) is 0 Å². The molecular weight excluding hydrogens is 375 g/mol. The predicted molar refractivity (Wildman–Crippen MR) is 105 cm³/mol. The Labute approximate surface area is 161 Å². The van der Waals surface area contributed by atoms with Crippen LogP contribution in [-0.4, -0.2) is 34.8 Å². The number of nitrogen functional groups attached to an aromatic ring is 1. The second-order valence-electron chi connectivity index (χ2n) is 7.24. The number of nitrogens with two attached hydrogens (primary N) is 2. The molecule has 0 amide bonds. The zero-order valence-electron chi connectivity index (χ0n) is 14.9. The number of aromatic nitrogens is 1. The van der Waals surface area contributed by atoms with Crippen LogP contribution in [0.25, 0.3) is 10.9 Å². The molecule has 1 atom stereocenters. The van der Waals surface area contributed by atoms with Crippen LogP contribution in [0.4, 0.5) is 15.8 Å². The highest BCUT2D eigenvalue weighted by atomic mass is 35.5. The average Bonchev–Trinajstić information content (AvgIpc) is 3.34. The molecule has 1 aromatic heterocycles. The third-order valence-electron chi connectivity index (χ3n) is 5.37. The number of fused-ring (bicyclic) bond motifs is 1. The van der Waals surface area contributed by atoms with Crippen molar-refractivity contribution in [1.82, 2.24) is 4.57 Å². The Morgan fingerprint density at radius 2 is 2.00 bits per heavy atom. The Bertz CT molecular complexity index is 1000. The van der Waals surface area contributed by atoms with Crippen LogP contribution in [0.15, 0.2) is 11.0 Å². The Morgan fingerprint density at radius 1 is 1.33 bits per heavy atom. The molecule has 1 aromatic carbocycles. The van der Waals surface area contributed by atoms with Gasteiger partial charge in [0, 0.05) is 31.4 Å². The zero-order valence-corrected chi connectivity index (χ0v) is 15.7. The van der Waals surface area contributed by atoms with Gasteiger partial charge in [-0.15, -0.1) is 12.4 Å². The molecule has 2 fully saturated rings. The van der Waals surface area contributed by atoms with Crippen LogP contribution in [0, 0.1) is 12.7 Å². The number of nitrogens with zero attached hydrogens (tertiary/aromatic N) is 2. The van der Waals surface area contributed by atoms with Gasteiger partial charge in [0.2, 0.25) is 5.43 Å². The van der Waals surface area contributed by atoms with Crippen molar-refractivity contribution in [3.63, 3.8) is 0 Å². The standard InChI is InChI=1S/C18H21FN4O3.ClH/c1-8-15-12(14(21)13(19)16(8)22-5-4-9(20)6-22)17(24)11(18(25)26)7-23(15)10-2-3-10;/h7,9-10H,2-6,20-21H2,1H3,(H,25,26);1H/t9-;/m0./s1. The van der Waals surface area contributed by atoms with Gasteiger partial charge in [-0.05, 0) is 31.7 Å². The van der Waals surface area contributed by atoms with Crippen LogP contribution in [0.2, 0.25) is 0 Å². The Morgan fingerprint density at radius 3 is 2.52 bits per heavy atom. The van der Waals surface area contributed by atoms with Gasteiger partial charge in [-0.25, -0.2) is 9.18 Å². The van der Waals surface area contributed by atoms with Crippen molar-refractivity contribution < 1.29 is 14.3 Å². The number of halogens is 2. The summed E-state index contributed by atoms with van der Waals surface area (Å²) in [5.41, 5.74) is 12.0. The van der Waals surface area contributed by atoms with Crippen molar-refractivity contribution in [3.8, 4) is 0 Å². The van der Waals surface area contributed by atoms with E-state index in [2.05, 4.69) is 0 Å². The van der Waals surface area contributed by atoms with Crippen molar-refractivity contribution in [3.05, 3.63) is 33.4 Å². The highest BCUT2D eigenvalue weighted by Gasteiger charge is 2.32. The summed E-state index contributed by atoms with van der Waals surface area (Å²) in [5.74, 6) is -2.01. The number of anilines is 2. The Hall–Kier alpha value is -2.32. The van der Waals surface area contributed by atoms with Gasteiger partial charge < -0.3 is 26.0 Å². The number of carboxylic acids is 1. The van der Waals surface area contributed by atoms with E-state index in [-0.39, 0.29) is 41.1 Å².